The van der Waals surface area contributed by atoms with Gasteiger partial charge in [-0.05, 0) is 38.1 Å². The van der Waals surface area contributed by atoms with Gasteiger partial charge in [0, 0.05) is 28.3 Å². The third kappa shape index (κ3) is 5.35. The molecule has 0 aliphatic rings. The summed E-state index contributed by atoms with van der Waals surface area (Å²) in [6.45, 7) is 4.49. The molecule has 1 heterocycles. The van der Waals surface area contributed by atoms with E-state index in [0.29, 0.717) is 24.7 Å². The summed E-state index contributed by atoms with van der Waals surface area (Å²) in [6, 6.07) is 21.9. The highest BCUT2D eigenvalue weighted by atomic mass is 32.2. The fraction of sp³-hybridized carbons (Fsp3) is 0.160. The monoisotopic (exact) mass is 480 g/mol. The number of anilines is 1. The molecule has 0 atom stereocenters. The van der Waals surface area contributed by atoms with E-state index in [4.69, 9.17) is 14.5 Å². The van der Waals surface area contributed by atoms with Gasteiger partial charge < -0.3 is 9.47 Å². The molecule has 0 radical (unpaired) electrons. The molecule has 0 spiro atoms. The molecule has 0 unspecified atom stereocenters. The number of benzene rings is 3. The van der Waals surface area contributed by atoms with Crippen LogP contribution in [0.5, 0.6) is 11.5 Å². The topological polar surface area (TPSA) is 77.5 Å². The maximum Gasteiger partial charge on any atom is 0.265 e. The largest absolute Gasteiger partial charge is 0.494 e. The normalized spacial score (nSPS) is 11.2. The summed E-state index contributed by atoms with van der Waals surface area (Å²) in [5.41, 5.74) is 3.28. The van der Waals surface area contributed by atoms with E-state index < -0.39 is 10.0 Å². The van der Waals surface area contributed by atoms with Crippen molar-refractivity contribution < 1.29 is 17.9 Å². The van der Waals surface area contributed by atoms with E-state index in [1.807, 2.05) is 54.8 Å². The first kappa shape index (κ1) is 22.8. The van der Waals surface area contributed by atoms with Crippen LogP contribution in [0.3, 0.4) is 0 Å². The van der Waals surface area contributed by atoms with Crippen molar-refractivity contribution in [2.45, 2.75) is 18.7 Å². The lowest BCUT2D eigenvalue weighted by molar-refractivity contribution is 0.317. The maximum absolute atomic E-state index is 13.0. The third-order valence-corrected chi connectivity index (χ3v) is 7.09. The summed E-state index contributed by atoms with van der Waals surface area (Å²) in [4.78, 5) is 4.77. The van der Waals surface area contributed by atoms with Crippen molar-refractivity contribution in [3.8, 4) is 33.3 Å². The summed E-state index contributed by atoms with van der Waals surface area (Å²) >= 11 is 1.57. The lowest BCUT2D eigenvalue weighted by Gasteiger charge is -2.14. The maximum atomic E-state index is 13.0. The molecule has 0 bridgehead atoms. The van der Waals surface area contributed by atoms with Gasteiger partial charge in [0.2, 0.25) is 0 Å². The third-order valence-electron chi connectivity index (χ3n) is 4.77. The van der Waals surface area contributed by atoms with Crippen LogP contribution in [-0.2, 0) is 10.0 Å². The molecule has 8 heteroatoms. The number of thiazole rings is 1. The Kier molecular flexibility index (Phi) is 6.96. The number of aromatic nitrogens is 1. The van der Waals surface area contributed by atoms with Crippen molar-refractivity contribution in [1.82, 2.24) is 4.98 Å². The second-order valence-electron chi connectivity index (χ2n) is 7.06. The molecule has 0 amide bonds. The van der Waals surface area contributed by atoms with Gasteiger partial charge in [-0.2, -0.15) is 0 Å². The van der Waals surface area contributed by atoms with E-state index in [-0.39, 0.29) is 10.6 Å². The molecule has 170 valence electrons. The summed E-state index contributed by atoms with van der Waals surface area (Å²) in [5, 5.41) is 2.94. The number of sulfonamides is 1. The summed E-state index contributed by atoms with van der Waals surface area (Å²) < 4.78 is 39.7. The van der Waals surface area contributed by atoms with Gasteiger partial charge in [-0.15, -0.1) is 11.3 Å². The quantitative estimate of drug-likeness (QED) is 0.314. The van der Waals surface area contributed by atoms with Crippen LogP contribution in [0.1, 0.15) is 13.8 Å². The first-order valence-corrected chi connectivity index (χ1v) is 12.9. The zero-order chi connectivity index (χ0) is 23.3. The molecule has 0 saturated carbocycles. The Hall–Kier alpha value is -3.36. The molecule has 1 N–H and O–H groups in total. The standard InChI is InChI=1S/C25H24N2O4S2/c1-3-30-21-14-15-24(23(16-21)31-4-2)33(28,29)27-20-12-10-18(11-13-20)22-17-32-25(26-22)19-8-6-5-7-9-19/h5-17,27H,3-4H2,1-2H3. The van der Waals surface area contributed by atoms with Crippen molar-refractivity contribution in [2.75, 3.05) is 17.9 Å². The van der Waals surface area contributed by atoms with E-state index >= 15 is 0 Å². The number of rotatable bonds is 9. The molecule has 6 nitrogen and oxygen atoms in total. The average molecular weight is 481 g/mol. The zero-order valence-electron chi connectivity index (χ0n) is 18.3. The molecule has 4 aromatic rings. The van der Waals surface area contributed by atoms with Crippen LogP contribution in [0.15, 0.2) is 83.1 Å². The number of nitrogens with one attached hydrogen (secondary N) is 1. The Morgan fingerprint density at radius 2 is 1.61 bits per heavy atom. The Labute approximate surface area is 197 Å². The second-order valence-corrected chi connectivity index (χ2v) is 9.57. The summed E-state index contributed by atoms with van der Waals surface area (Å²) in [7, 11) is -3.85. The highest BCUT2D eigenvalue weighted by Crippen LogP contribution is 2.32. The van der Waals surface area contributed by atoms with Crippen LogP contribution in [-0.4, -0.2) is 26.6 Å². The van der Waals surface area contributed by atoms with Crippen LogP contribution < -0.4 is 14.2 Å². The predicted molar refractivity (Wildman–Crippen MR) is 133 cm³/mol. The fourth-order valence-corrected chi connectivity index (χ4v) is 5.30. The van der Waals surface area contributed by atoms with Crippen molar-refractivity contribution >= 4 is 27.0 Å². The smallest absolute Gasteiger partial charge is 0.265 e. The predicted octanol–water partition coefficient (Wildman–Crippen LogP) is 6.08. The fourth-order valence-electron chi connectivity index (χ4n) is 3.27. The lowest BCUT2D eigenvalue weighted by atomic mass is 10.1. The molecule has 33 heavy (non-hydrogen) atoms. The molecule has 3 aromatic carbocycles. The molecule has 1 aromatic heterocycles. The van der Waals surface area contributed by atoms with E-state index in [1.54, 1.807) is 42.5 Å². The van der Waals surface area contributed by atoms with Crippen LogP contribution in [0.2, 0.25) is 0 Å². The molecule has 0 aliphatic carbocycles. The van der Waals surface area contributed by atoms with Crippen molar-refractivity contribution in [3.63, 3.8) is 0 Å². The summed E-state index contributed by atoms with van der Waals surface area (Å²) in [5.74, 6) is 0.811. The van der Waals surface area contributed by atoms with Crippen LogP contribution in [0, 0.1) is 0 Å². The zero-order valence-corrected chi connectivity index (χ0v) is 19.9. The first-order chi connectivity index (χ1) is 16.0. The van der Waals surface area contributed by atoms with Crippen LogP contribution in [0.4, 0.5) is 5.69 Å². The lowest BCUT2D eigenvalue weighted by Crippen LogP contribution is -2.14. The number of hydrogen-bond acceptors (Lipinski definition) is 6. The Balaban J connectivity index is 1.54. The van der Waals surface area contributed by atoms with Crippen molar-refractivity contribution in [3.05, 3.63) is 78.2 Å². The molecular weight excluding hydrogens is 456 g/mol. The number of hydrogen-bond donors (Lipinski definition) is 1. The van der Waals surface area contributed by atoms with Crippen LogP contribution >= 0.6 is 11.3 Å². The Morgan fingerprint density at radius 3 is 2.30 bits per heavy atom. The number of nitrogens with zero attached hydrogens (tertiary/aromatic N) is 1. The number of ether oxygens (including phenoxy) is 2. The SMILES string of the molecule is CCOc1ccc(S(=O)(=O)Nc2ccc(-c3csc(-c4ccccc4)n3)cc2)c(OCC)c1. The minimum absolute atomic E-state index is 0.0592. The van der Waals surface area contributed by atoms with E-state index in [2.05, 4.69) is 4.72 Å². The van der Waals surface area contributed by atoms with Crippen LogP contribution in [0.25, 0.3) is 21.8 Å². The van der Waals surface area contributed by atoms with Gasteiger partial charge >= 0.3 is 0 Å². The average Bonchev–Trinajstić information content (AvgIpc) is 3.31. The van der Waals surface area contributed by atoms with E-state index in [0.717, 1.165) is 21.8 Å². The Bertz CT molecular complexity index is 1320. The van der Waals surface area contributed by atoms with Crippen molar-refractivity contribution in [1.29, 1.82) is 0 Å². The van der Waals surface area contributed by atoms with Gasteiger partial charge in [0.05, 0.1) is 18.9 Å². The molecular formula is C25H24N2O4S2. The van der Waals surface area contributed by atoms with Gasteiger partial charge in [-0.3, -0.25) is 4.72 Å². The molecule has 0 aliphatic heterocycles. The molecule has 0 fully saturated rings. The van der Waals surface area contributed by atoms with E-state index in [9.17, 15) is 8.42 Å². The minimum Gasteiger partial charge on any atom is -0.494 e. The molecule has 4 rings (SSSR count). The van der Waals surface area contributed by atoms with Gasteiger partial charge in [-0.25, -0.2) is 13.4 Å². The summed E-state index contributed by atoms with van der Waals surface area (Å²) in [6.07, 6.45) is 0. The second kappa shape index (κ2) is 10.1. The van der Waals surface area contributed by atoms with Gasteiger partial charge in [0.15, 0.2) is 0 Å². The minimum atomic E-state index is -3.85. The van der Waals surface area contributed by atoms with Gasteiger partial charge in [0.25, 0.3) is 10.0 Å². The molecule has 0 saturated heterocycles. The van der Waals surface area contributed by atoms with Gasteiger partial charge in [-0.1, -0.05) is 42.5 Å². The highest BCUT2D eigenvalue weighted by molar-refractivity contribution is 7.92. The highest BCUT2D eigenvalue weighted by Gasteiger charge is 2.21. The first-order valence-electron chi connectivity index (χ1n) is 10.5. The van der Waals surface area contributed by atoms with Crippen molar-refractivity contribution in [2.24, 2.45) is 0 Å². The van der Waals surface area contributed by atoms with E-state index in [1.165, 1.54) is 6.07 Å². The van der Waals surface area contributed by atoms with Gasteiger partial charge in [0.1, 0.15) is 21.4 Å². The Morgan fingerprint density at radius 1 is 0.879 bits per heavy atom.